The maximum atomic E-state index is 11.8. The Morgan fingerprint density at radius 1 is 1.19 bits per heavy atom. The molecule has 0 aliphatic carbocycles. The van der Waals surface area contributed by atoms with Crippen molar-refractivity contribution < 1.29 is 14.3 Å². The van der Waals surface area contributed by atoms with Gasteiger partial charge in [0.25, 0.3) is 0 Å². The molecule has 2 aromatic heterocycles. The number of nitrogens with one attached hydrogen (secondary N) is 1. The van der Waals surface area contributed by atoms with Gasteiger partial charge in [0.1, 0.15) is 11.4 Å². The second-order valence-electron chi connectivity index (χ2n) is 7.57. The summed E-state index contributed by atoms with van der Waals surface area (Å²) in [5.41, 5.74) is 3.74. The summed E-state index contributed by atoms with van der Waals surface area (Å²) in [4.78, 5) is 24.3. The standard InChI is InChI=1S/C23H22ClN3O3S/c1-13(2)11-30-20-7-5-16(24)8-15(20)10-21-25-19(12-31-21)22-26-17-6-4-14(23(28)29-3)9-18(17)27-22/h4-9,12-13H,10-11H2,1-3H3,(H,26,27). The molecule has 0 aliphatic heterocycles. The van der Waals surface area contributed by atoms with Crippen LogP contribution in [0, 0.1) is 5.92 Å². The number of esters is 1. The number of halogens is 1. The number of fused-ring (bicyclic) bond motifs is 1. The van der Waals surface area contributed by atoms with Crippen molar-refractivity contribution in [3.63, 3.8) is 0 Å². The minimum atomic E-state index is -0.383. The van der Waals surface area contributed by atoms with E-state index in [1.807, 2.05) is 23.6 Å². The Kier molecular flexibility index (Phi) is 6.25. The van der Waals surface area contributed by atoms with Crippen LogP contribution in [0.25, 0.3) is 22.6 Å². The van der Waals surface area contributed by atoms with Crippen LogP contribution in [0.3, 0.4) is 0 Å². The van der Waals surface area contributed by atoms with Gasteiger partial charge in [0.05, 0.1) is 35.3 Å². The van der Waals surface area contributed by atoms with Crippen molar-refractivity contribution in [3.05, 3.63) is 62.9 Å². The maximum absolute atomic E-state index is 11.8. The third-order valence-corrected chi connectivity index (χ3v) is 5.72. The van der Waals surface area contributed by atoms with E-state index in [0.717, 1.165) is 33.0 Å². The predicted molar refractivity (Wildman–Crippen MR) is 123 cm³/mol. The number of carbonyl (C=O) groups is 1. The van der Waals surface area contributed by atoms with E-state index in [9.17, 15) is 4.79 Å². The Labute approximate surface area is 189 Å². The number of nitrogens with zero attached hydrogens (tertiary/aromatic N) is 2. The largest absolute Gasteiger partial charge is 0.493 e. The zero-order valence-corrected chi connectivity index (χ0v) is 19.0. The Hall–Kier alpha value is -2.90. The summed E-state index contributed by atoms with van der Waals surface area (Å²) >= 11 is 7.77. The molecule has 2 aromatic carbocycles. The summed E-state index contributed by atoms with van der Waals surface area (Å²) in [6, 6.07) is 10.9. The van der Waals surface area contributed by atoms with Crippen molar-refractivity contribution in [2.24, 2.45) is 5.92 Å². The van der Waals surface area contributed by atoms with Crippen LogP contribution < -0.4 is 4.74 Å². The molecule has 6 nitrogen and oxygen atoms in total. The van der Waals surface area contributed by atoms with E-state index in [-0.39, 0.29) is 5.97 Å². The average Bonchev–Trinajstić information content (AvgIpc) is 3.38. The first kappa shape index (κ1) is 21.3. The average molecular weight is 456 g/mol. The number of benzene rings is 2. The van der Waals surface area contributed by atoms with Crippen LogP contribution in [0.5, 0.6) is 5.75 Å². The molecule has 8 heteroatoms. The first-order valence-electron chi connectivity index (χ1n) is 9.87. The number of hydrogen-bond donors (Lipinski definition) is 1. The highest BCUT2D eigenvalue weighted by Gasteiger charge is 2.14. The molecular weight excluding hydrogens is 434 g/mol. The molecule has 0 fully saturated rings. The molecule has 31 heavy (non-hydrogen) atoms. The summed E-state index contributed by atoms with van der Waals surface area (Å²) < 4.78 is 10.7. The molecule has 0 radical (unpaired) electrons. The fraction of sp³-hybridized carbons (Fsp3) is 0.261. The Bertz CT molecular complexity index is 1230. The van der Waals surface area contributed by atoms with E-state index >= 15 is 0 Å². The number of thiazole rings is 1. The van der Waals surface area contributed by atoms with Gasteiger partial charge in [-0.2, -0.15) is 0 Å². The van der Waals surface area contributed by atoms with Gasteiger partial charge in [-0.25, -0.2) is 14.8 Å². The molecule has 0 saturated carbocycles. The molecule has 0 amide bonds. The topological polar surface area (TPSA) is 77.1 Å². The normalized spacial score (nSPS) is 11.3. The number of rotatable bonds is 7. The molecule has 160 valence electrons. The highest BCUT2D eigenvalue weighted by Crippen LogP contribution is 2.29. The summed E-state index contributed by atoms with van der Waals surface area (Å²) in [6.07, 6.45) is 0.616. The molecule has 1 N–H and O–H groups in total. The molecule has 4 rings (SSSR count). The number of aromatic amines is 1. The number of ether oxygens (including phenoxy) is 2. The van der Waals surface area contributed by atoms with Crippen LogP contribution in [0.15, 0.2) is 41.8 Å². The van der Waals surface area contributed by atoms with E-state index < -0.39 is 0 Å². The maximum Gasteiger partial charge on any atom is 0.337 e. The predicted octanol–water partition coefficient (Wildman–Crippen LogP) is 5.75. The van der Waals surface area contributed by atoms with Crippen LogP contribution >= 0.6 is 22.9 Å². The first-order valence-corrected chi connectivity index (χ1v) is 11.1. The van der Waals surface area contributed by atoms with Crippen LogP contribution in [-0.4, -0.2) is 34.6 Å². The van der Waals surface area contributed by atoms with E-state index in [1.54, 1.807) is 29.5 Å². The number of imidazole rings is 1. The van der Waals surface area contributed by atoms with E-state index in [1.165, 1.54) is 7.11 Å². The zero-order chi connectivity index (χ0) is 22.0. The molecule has 0 bridgehead atoms. The summed E-state index contributed by atoms with van der Waals surface area (Å²) in [6.45, 7) is 4.87. The van der Waals surface area contributed by atoms with Crippen molar-refractivity contribution in [2.75, 3.05) is 13.7 Å². The van der Waals surface area contributed by atoms with Gasteiger partial charge in [-0.3, -0.25) is 0 Å². The number of aromatic nitrogens is 3. The van der Waals surface area contributed by atoms with Crippen molar-refractivity contribution in [2.45, 2.75) is 20.3 Å². The van der Waals surface area contributed by atoms with Gasteiger partial charge in [0.15, 0.2) is 5.82 Å². The minimum absolute atomic E-state index is 0.383. The number of hydrogen-bond acceptors (Lipinski definition) is 6. The Morgan fingerprint density at radius 3 is 2.81 bits per heavy atom. The lowest BCUT2D eigenvalue weighted by molar-refractivity contribution is 0.0601. The molecule has 0 spiro atoms. The van der Waals surface area contributed by atoms with Gasteiger partial charge in [0, 0.05) is 22.4 Å². The van der Waals surface area contributed by atoms with Gasteiger partial charge in [-0.1, -0.05) is 25.4 Å². The minimum Gasteiger partial charge on any atom is -0.493 e. The highest BCUT2D eigenvalue weighted by atomic mass is 35.5. The lowest BCUT2D eigenvalue weighted by Crippen LogP contribution is -2.06. The van der Waals surface area contributed by atoms with E-state index in [0.29, 0.717) is 35.4 Å². The van der Waals surface area contributed by atoms with Gasteiger partial charge in [-0.05, 0) is 42.3 Å². The molecule has 0 unspecified atom stereocenters. The van der Waals surface area contributed by atoms with Crippen molar-refractivity contribution in [1.82, 2.24) is 15.0 Å². The Balaban J connectivity index is 1.58. The smallest absolute Gasteiger partial charge is 0.337 e. The van der Waals surface area contributed by atoms with Crippen molar-refractivity contribution >= 4 is 39.9 Å². The first-order chi connectivity index (χ1) is 14.9. The lowest BCUT2D eigenvalue weighted by Gasteiger charge is -2.13. The second-order valence-corrected chi connectivity index (χ2v) is 8.95. The van der Waals surface area contributed by atoms with Gasteiger partial charge in [0.2, 0.25) is 0 Å². The molecule has 0 aliphatic rings. The summed E-state index contributed by atoms with van der Waals surface area (Å²) in [7, 11) is 1.36. The highest BCUT2D eigenvalue weighted by molar-refractivity contribution is 7.10. The van der Waals surface area contributed by atoms with Crippen LogP contribution in [-0.2, 0) is 11.2 Å². The molecule has 2 heterocycles. The van der Waals surface area contributed by atoms with Crippen LogP contribution in [0.1, 0.15) is 34.8 Å². The monoisotopic (exact) mass is 455 g/mol. The van der Waals surface area contributed by atoms with Crippen LogP contribution in [0.2, 0.25) is 5.02 Å². The third-order valence-electron chi connectivity index (χ3n) is 4.63. The SMILES string of the molecule is COC(=O)c1ccc2nc(-c3csc(Cc4cc(Cl)ccc4OCC(C)C)n3)[nH]c2c1. The molecule has 4 aromatic rings. The van der Waals surface area contributed by atoms with Crippen molar-refractivity contribution in [3.8, 4) is 17.3 Å². The number of carbonyl (C=O) groups excluding carboxylic acids is 1. The lowest BCUT2D eigenvalue weighted by atomic mass is 10.1. The second kappa shape index (κ2) is 9.08. The summed E-state index contributed by atoms with van der Waals surface area (Å²) in [5, 5.41) is 3.57. The fourth-order valence-corrected chi connectivity index (χ4v) is 4.12. The third kappa shape index (κ3) is 4.89. The van der Waals surface area contributed by atoms with Gasteiger partial charge >= 0.3 is 5.97 Å². The quantitative estimate of drug-likeness (QED) is 0.359. The van der Waals surface area contributed by atoms with Crippen molar-refractivity contribution in [1.29, 1.82) is 0 Å². The van der Waals surface area contributed by atoms with Crippen LogP contribution in [0.4, 0.5) is 0 Å². The molecule has 0 atom stereocenters. The van der Waals surface area contributed by atoms with E-state index in [2.05, 4.69) is 23.8 Å². The zero-order valence-electron chi connectivity index (χ0n) is 17.4. The fourth-order valence-electron chi connectivity index (χ4n) is 3.12. The molecule has 0 saturated heterocycles. The number of H-pyrrole nitrogens is 1. The summed E-state index contributed by atoms with van der Waals surface area (Å²) in [5.74, 6) is 1.53. The number of methoxy groups -OCH3 is 1. The Morgan fingerprint density at radius 2 is 2.03 bits per heavy atom. The van der Waals surface area contributed by atoms with Gasteiger partial charge < -0.3 is 14.5 Å². The molecular formula is C23H22ClN3O3S. The van der Waals surface area contributed by atoms with E-state index in [4.69, 9.17) is 26.1 Å². The van der Waals surface area contributed by atoms with Gasteiger partial charge in [-0.15, -0.1) is 11.3 Å².